The summed E-state index contributed by atoms with van der Waals surface area (Å²) < 4.78 is 39.8. The number of carbonyl (C=O) groups excluding carboxylic acids is 1. The molecule has 1 fully saturated rings. The van der Waals surface area contributed by atoms with E-state index in [1.165, 1.54) is 12.1 Å². The minimum absolute atomic E-state index is 0.110. The van der Waals surface area contributed by atoms with Gasteiger partial charge in [0.1, 0.15) is 5.75 Å². The number of nitrogens with zero attached hydrogens (tertiary/aromatic N) is 1. The first-order valence-corrected chi connectivity index (χ1v) is 6.18. The summed E-state index contributed by atoms with van der Waals surface area (Å²) in [6.07, 6.45) is -3.20. The van der Waals surface area contributed by atoms with E-state index < -0.39 is 6.36 Å². The first-order valence-electron chi connectivity index (χ1n) is 6.18. The average Bonchev–Trinajstić information content (AvgIpc) is 2.85. The van der Waals surface area contributed by atoms with Crippen molar-refractivity contribution in [3.8, 4) is 5.75 Å². The number of amides is 1. The normalized spacial score (nSPS) is 19.2. The van der Waals surface area contributed by atoms with Crippen molar-refractivity contribution in [1.29, 1.82) is 0 Å². The molecule has 0 spiro atoms. The first-order chi connectivity index (χ1) is 9.40. The van der Waals surface area contributed by atoms with Crippen molar-refractivity contribution in [1.82, 2.24) is 4.90 Å². The fourth-order valence-electron chi connectivity index (χ4n) is 2.26. The van der Waals surface area contributed by atoms with Crippen LogP contribution in [-0.4, -0.2) is 41.5 Å². The molecule has 1 aromatic carbocycles. The molecule has 1 atom stereocenters. The maximum Gasteiger partial charge on any atom is 0.573 e. The Hall–Kier alpha value is -1.76. The molecule has 1 aliphatic heterocycles. The highest BCUT2D eigenvalue weighted by atomic mass is 19.4. The lowest BCUT2D eigenvalue weighted by Gasteiger charge is -2.23. The van der Waals surface area contributed by atoms with Gasteiger partial charge in [-0.3, -0.25) is 4.79 Å². The Morgan fingerprint density at radius 1 is 1.35 bits per heavy atom. The van der Waals surface area contributed by atoms with Crippen molar-refractivity contribution < 1.29 is 27.8 Å². The Balaban J connectivity index is 2.08. The first kappa shape index (κ1) is 14.6. The number of aliphatic hydroxyl groups is 1. The van der Waals surface area contributed by atoms with Crippen LogP contribution >= 0.6 is 0 Å². The fraction of sp³-hybridized carbons (Fsp3) is 0.462. The second kappa shape index (κ2) is 5.70. The third-order valence-electron chi connectivity index (χ3n) is 3.18. The zero-order valence-corrected chi connectivity index (χ0v) is 10.6. The molecule has 0 aromatic heterocycles. The van der Waals surface area contributed by atoms with E-state index in [4.69, 9.17) is 5.11 Å². The zero-order valence-electron chi connectivity index (χ0n) is 10.6. The lowest BCUT2D eigenvalue weighted by atomic mass is 10.1. The van der Waals surface area contributed by atoms with Gasteiger partial charge in [-0.25, -0.2) is 0 Å². The van der Waals surface area contributed by atoms with Crippen LogP contribution < -0.4 is 4.74 Å². The summed E-state index contributed by atoms with van der Waals surface area (Å²) in [6.45, 7) is 0.436. The van der Waals surface area contributed by atoms with E-state index >= 15 is 0 Å². The molecule has 110 valence electrons. The summed E-state index contributed by atoms with van der Waals surface area (Å²) in [7, 11) is 0. The number of hydrogen-bond acceptors (Lipinski definition) is 3. The zero-order chi connectivity index (χ0) is 14.8. The molecule has 1 aliphatic rings. The highest BCUT2D eigenvalue weighted by molar-refractivity contribution is 5.94. The SMILES string of the molecule is O=C(c1ccc(OC(F)(F)F)cc1)N1CCCC1CO. The smallest absolute Gasteiger partial charge is 0.406 e. The van der Waals surface area contributed by atoms with Crippen LogP contribution in [0, 0.1) is 0 Å². The molecule has 0 aliphatic carbocycles. The lowest BCUT2D eigenvalue weighted by molar-refractivity contribution is -0.274. The highest BCUT2D eigenvalue weighted by Gasteiger charge is 2.31. The van der Waals surface area contributed by atoms with Gasteiger partial charge in [-0.15, -0.1) is 13.2 Å². The summed E-state index contributed by atoms with van der Waals surface area (Å²) in [5.41, 5.74) is 0.278. The molecule has 1 saturated heterocycles. The van der Waals surface area contributed by atoms with E-state index in [2.05, 4.69) is 4.74 Å². The van der Waals surface area contributed by atoms with Crippen molar-refractivity contribution in [2.24, 2.45) is 0 Å². The van der Waals surface area contributed by atoms with E-state index in [9.17, 15) is 18.0 Å². The Morgan fingerprint density at radius 3 is 2.55 bits per heavy atom. The molecular formula is C13H14F3NO3. The summed E-state index contributed by atoms with van der Waals surface area (Å²) in [5, 5.41) is 9.17. The third-order valence-corrected chi connectivity index (χ3v) is 3.18. The van der Waals surface area contributed by atoms with Gasteiger partial charge in [0, 0.05) is 12.1 Å². The number of ether oxygens (including phenoxy) is 1. The molecule has 1 aromatic rings. The number of carbonyl (C=O) groups is 1. The van der Waals surface area contributed by atoms with Crippen molar-refractivity contribution in [3.63, 3.8) is 0 Å². The summed E-state index contributed by atoms with van der Waals surface area (Å²) in [6, 6.07) is 4.57. The Labute approximate surface area is 113 Å². The van der Waals surface area contributed by atoms with E-state index in [0.29, 0.717) is 6.54 Å². The van der Waals surface area contributed by atoms with E-state index in [1.807, 2.05) is 0 Å². The maximum atomic E-state index is 12.2. The number of hydrogen-bond donors (Lipinski definition) is 1. The Kier molecular flexibility index (Phi) is 4.17. The van der Waals surface area contributed by atoms with Crippen LogP contribution in [0.4, 0.5) is 13.2 Å². The molecule has 0 saturated carbocycles. The molecule has 0 radical (unpaired) electrons. The molecule has 1 N–H and O–H groups in total. The molecule has 1 amide bonds. The highest BCUT2D eigenvalue weighted by Crippen LogP contribution is 2.24. The van der Waals surface area contributed by atoms with Gasteiger partial charge in [-0.05, 0) is 37.1 Å². The molecule has 4 nitrogen and oxygen atoms in total. The van der Waals surface area contributed by atoms with E-state index in [1.54, 1.807) is 4.90 Å². The number of benzene rings is 1. The largest absolute Gasteiger partial charge is 0.573 e. The summed E-state index contributed by atoms with van der Waals surface area (Å²) >= 11 is 0. The predicted octanol–water partition coefficient (Wildman–Crippen LogP) is 2.18. The van der Waals surface area contributed by atoms with Gasteiger partial charge in [0.15, 0.2) is 0 Å². The predicted molar refractivity (Wildman–Crippen MR) is 64.3 cm³/mol. The van der Waals surface area contributed by atoms with Gasteiger partial charge in [0.25, 0.3) is 5.91 Å². The molecule has 0 bridgehead atoms. The minimum atomic E-state index is -4.75. The molecule has 2 rings (SSSR count). The van der Waals surface area contributed by atoms with Gasteiger partial charge in [-0.1, -0.05) is 0 Å². The number of rotatable bonds is 3. The Bertz CT molecular complexity index is 473. The van der Waals surface area contributed by atoms with Crippen LogP contribution in [-0.2, 0) is 0 Å². The number of aliphatic hydroxyl groups excluding tert-OH is 1. The standard InChI is InChI=1S/C13H14F3NO3/c14-13(15,16)20-11-5-3-9(4-6-11)12(19)17-7-1-2-10(17)8-18/h3-6,10,18H,1-2,7-8H2. The van der Waals surface area contributed by atoms with Gasteiger partial charge in [-0.2, -0.15) is 0 Å². The lowest BCUT2D eigenvalue weighted by Crippen LogP contribution is -2.37. The van der Waals surface area contributed by atoms with Crippen LogP contribution in [0.1, 0.15) is 23.2 Å². The van der Waals surface area contributed by atoms with Crippen LogP contribution in [0.15, 0.2) is 24.3 Å². The number of halogens is 3. The van der Waals surface area contributed by atoms with Crippen LogP contribution in [0.25, 0.3) is 0 Å². The third kappa shape index (κ3) is 3.41. The summed E-state index contributed by atoms with van der Waals surface area (Å²) in [5.74, 6) is -0.658. The minimum Gasteiger partial charge on any atom is -0.406 e. The second-order valence-electron chi connectivity index (χ2n) is 4.55. The van der Waals surface area contributed by atoms with Crippen molar-refractivity contribution in [3.05, 3.63) is 29.8 Å². The summed E-state index contributed by atoms with van der Waals surface area (Å²) in [4.78, 5) is 13.7. The quantitative estimate of drug-likeness (QED) is 0.928. The van der Waals surface area contributed by atoms with Crippen molar-refractivity contribution >= 4 is 5.91 Å². The fourth-order valence-corrected chi connectivity index (χ4v) is 2.26. The molecular weight excluding hydrogens is 275 g/mol. The van der Waals surface area contributed by atoms with Crippen molar-refractivity contribution in [2.75, 3.05) is 13.2 Å². The van der Waals surface area contributed by atoms with Gasteiger partial charge in [0.05, 0.1) is 12.6 Å². The Morgan fingerprint density at radius 2 is 2.00 bits per heavy atom. The average molecular weight is 289 g/mol. The number of alkyl halides is 3. The van der Waals surface area contributed by atoms with Gasteiger partial charge in [0.2, 0.25) is 0 Å². The molecule has 1 heterocycles. The van der Waals surface area contributed by atoms with Gasteiger partial charge < -0.3 is 14.7 Å². The maximum absolute atomic E-state index is 12.2. The molecule has 7 heteroatoms. The van der Waals surface area contributed by atoms with Crippen LogP contribution in [0.3, 0.4) is 0 Å². The van der Waals surface area contributed by atoms with Crippen LogP contribution in [0.5, 0.6) is 5.75 Å². The van der Waals surface area contributed by atoms with E-state index in [0.717, 1.165) is 25.0 Å². The number of likely N-dealkylation sites (tertiary alicyclic amines) is 1. The molecule has 20 heavy (non-hydrogen) atoms. The van der Waals surface area contributed by atoms with Gasteiger partial charge >= 0.3 is 6.36 Å². The van der Waals surface area contributed by atoms with E-state index in [-0.39, 0.29) is 29.9 Å². The van der Waals surface area contributed by atoms with Crippen molar-refractivity contribution in [2.45, 2.75) is 25.2 Å². The topological polar surface area (TPSA) is 49.8 Å². The van der Waals surface area contributed by atoms with Crippen LogP contribution in [0.2, 0.25) is 0 Å². The second-order valence-corrected chi connectivity index (χ2v) is 4.55. The monoisotopic (exact) mass is 289 g/mol. The molecule has 1 unspecified atom stereocenters.